The van der Waals surface area contributed by atoms with Gasteiger partial charge in [-0.1, -0.05) is 6.92 Å². The van der Waals surface area contributed by atoms with E-state index in [-0.39, 0.29) is 0 Å². The van der Waals surface area contributed by atoms with Gasteiger partial charge in [0.05, 0.1) is 5.56 Å². The van der Waals surface area contributed by atoms with Gasteiger partial charge in [-0.3, -0.25) is 4.79 Å². The fraction of sp³-hybridized carbons (Fsp3) is 0.467. The number of carbonyl (C=O) groups is 2. The summed E-state index contributed by atoms with van der Waals surface area (Å²) in [5, 5.41) is 9.05. The third-order valence-corrected chi connectivity index (χ3v) is 3.17. The van der Waals surface area contributed by atoms with E-state index >= 15 is 0 Å². The Morgan fingerprint density at radius 2 is 2.00 bits per heavy atom. The summed E-state index contributed by atoms with van der Waals surface area (Å²) in [5.41, 5.74) is 1.27. The van der Waals surface area contributed by atoms with E-state index in [4.69, 9.17) is 9.84 Å². The second-order valence-electron chi connectivity index (χ2n) is 4.37. The summed E-state index contributed by atoms with van der Waals surface area (Å²) in [7, 11) is 0. The fourth-order valence-electron chi connectivity index (χ4n) is 1.97. The van der Waals surface area contributed by atoms with E-state index in [1.54, 1.807) is 19.1 Å². The van der Waals surface area contributed by atoms with E-state index in [1.165, 1.54) is 0 Å². The molecule has 5 nitrogen and oxygen atoms in total. The Balaban J connectivity index is 3.11. The maximum absolute atomic E-state index is 11.0. The highest BCUT2D eigenvalue weighted by Gasteiger charge is 2.19. The Morgan fingerprint density at radius 3 is 2.45 bits per heavy atom. The van der Waals surface area contributed by atoms with Gasteiger partial charge in [0, 0.05) is 24.8 Å². The lowest BCUT2D eigenvalue weighted by Gasteiger charge is -2.23. The lowest BCUT2D eigenvalue weighted by molar-refractivity contribution is -0.145. The molecule has 0 radical (unpaired) electrons. The monoisotopic (exact) mass is 279 g/mol. The first kappa shape index (κ1) is 16.0. The molecule has 0 heterocycles. The van der Waals surface area contributed by atoms with Gasteiger partial charge in [-0.2, -0.15) is 0 Å². The van der Waals surface area contributed by atoms with Crippen LogP contribution in [0.25, 0.3) is 0 Å². The number of ether oxygens (including phenoxy) is 1. The van der Waals surface area contributed by atoms with Gasteiger partial charge in [0.2, 0.25) is 0 Å². The van der Waals surface area contributed by atoms with Gasteiger partial charge in [-0.25, -0.2) is 4.79 Å². The van der Waals surface area contributed by atoms with Crippen LogP contribution in [0.1, 0.15) is 37.6 Å². The smallest absolute Gasteiger partial charge is 0.344 e. The molecule has 0 amide bonds. The molecule has 0 aliphatic heterocycles. The zero-order valence-electron chi connectivity index (χ0n) is 12.1. The van der Waals surface area contributed by atoms with Crippen molar-refractivity contribution in [1.82, 2.24) is 0 Å². The summed E-state index contributed by atoms with van der Waals surface area (Å²) in [6, 6.07) is 5.22. The van der Waals surface area contributed by atoms with Crippen LogP contribution >= 0.6 is 0 Å². The van der Waals surface area contributed by atoms with Crippen molar-refractivity contribution < 1.29 is 19.4 Å². The summed E-state index contributed by atoms with van der Waals surface area (Å²) in [6.45, 7) is 7.44. The maximum atomic E-state index is 11.0. The number of benzene rings is 1. The zero-order valence-corrected chi connectivity index (χ0v) is 12.1. The Labute approximate surface area is 119 Å². The lowest BCUT2D eigenvalue weighted by atomic mass is 10.1. The highest BCUT2D eigenvalue weighted by molar-refractivity contribution is 5.81. The quantitative estimate of drug-likeness (QED) is 0.741. The summed E-state index contributed by atoms with van der Waals surface area (Å²) < 4.78 is 5.47. The maximum Gasteiger partial charge on any atom is 0.344 e. The molecular formula is C15H21NO4. The van der Waals surface area contributed by atoms with Gasteiger partial charge in [0.25, 0.3) is 0 Å². The van der Waals surface area contributed by atoms with Crippen LogP contribution in [0.2, 0.25) is 0 Å². The van der Waals surface area contributed by atoms with E-state index in [0.29, 0.717) is 24.0 Å². The highest BCUT2D eigenvalue weighted by atomic mass is 16.5. The first-order valence-corrected chi connectivity index (χ1v) is 6.80. The SMILES string of the molecule is CCC(Oc1cc(N(CC)CC)ccc1C=O)C(=O)O. The zero-order chi connectivity index (χ0) is 15.1. The number of nitrogens with zero attached hydrogens (tertiary/aromatic N) is 1. The third kappa shape index (κ3) is 3.73. The first-order chi connectivity index (χ1) is 9.57. The largest absolute Gasteiger partial charge is 0.479 e. The second-order valence-corrected chi connectivity index (χ2v) is 4.37. The molecule has 0 aliphatic rings. The van der Waals surface area contributed by atoms with Crippen LogP contribution < -0.4 is 9.64 Å². The first-order valence-electron chi connectivity index (χ1n) is 6.80. The van der Waals surface area contributed by atoms with Crippen LogP contribution in [0.4, 0.5) is 5.69 Å². The number of aldehydes is 1. The number of carboxylic acids is 1. The average molecular weight is 279 g/mol. The summed E-state index contributed by atoms with van der Waals surface area (Å²) in [4.78, 5) is 24.2. The summed E-state index contributed by atoms with van der Waals surface area (Å²) >= 11 is 0. The van der Waals surface area contributed by atoms with Crippen LogP contribution in [0.15, 0.2) is 18.2 Å². The molecular weight excluding hydrogens is 258 g/mol. The second kappa shape index (κ2) is 7.53. The average Bonchev–Trinajstić information content (AvgIpc) is 2.45. The standard InChI is InChI=1S/C15H21NO4/c1-4-13(15(18)19)20-14-9-12(16(5-2)6-3)8-7-11(14)10-17/h7-10,13H,4-6H2,1-3H3,(H,18,19). The number of aliphatic carboxylic acids is 1. The summed E-state index contributed by atoms with van der Waals surface area (Å²) in [6.07, 6.45) is 0.0691. The minimum atomic E-state index is -1.03. The highest BCUT2D eigenvalue weighted by Crippen LogP contribution is 2.26. The normalized spacial score (nSPS) is 11.8. The molecule has 1 atom stereocenters. The Bertz CT molecular complexity index is 469. The molecule has 20 heavy (non-hydrogen) atoms. The minimum absolute atomic E-state index is 0.318. The van der Waals surface area contributed by atoms with Crippen LogP contribution in [0, 0.1) is 0 Å². The number of rotatable bonds is 8. The molecule has 5 heteroatoms. The molecule has 0 aliphatic carbocycles. The van der Waals surface area contributed by atoms with E-state index in [9.17, 15) is 9.59 Å². The molecule has 0 spiro atoms. The van der Waals surface area contributed by atoms with Crippen LogP contribution in [-0.4, -0.2) is 36.6 Å². The Morgan fingerprint density at radius 1 is 1.35 bits per heavy atom. The number of hydrogen-bond acceptors (Lipinski definition) is 4. The fourth-order valence-corrected chi connectivity index (χ4v) is 1.97. The molecule has 0 saturated carbocycles. The molecule has 110 valence electrons. The van der Waals surface area contributed by atoms with Gasteiger partial charge >= 0.3 is 5.97 Å². The van der Waals surface area contributed by atoms with Crippen LogP contribution in [0.5, 0.6) is 5.75 Å². The van der Waals surface area contributed by atoms with E-state index in [0.717, 1.165) is 18.8 Å². The topological polar surface area (TPSA) is 66.8 Å². The molecule has 0 bridgehead atoms. The van der Waals surface area contributed by atoms with Crippen LogP contribution in [-0.2, 0) is 4.79 Å². The van der Waals surface area contributed by atoms with Gasteiger partial charge < -0.3 is 14.7 Å². The third-order valence-electron chi connectivity index (χ3n) is 3.17. The Hall–Kier alpha value is -2.04. The van der Waals surface area contributed by atoms with E-state index in [1.807, 2.05) is 19.9 Å². The van der Waals surface area contributed by atoms with Crippen molar-refractivity contribution >= 4 is 17.9 Å². The number of carboxylic acid groups (broad SMARTS) is 1. The molecule has 1 aromatic rings. The summed E-state index contributed by atoms with van der Waals surface area (Å²) in [5.74, 6) is -0.712. The molecule has 0 saturated heterocycles. The predicted molar refractivity (Wildman–Crippen MR) is 77.7 cm³/mol. The van der Waals surface area contributed by atoms with Crippen molar-refractivity contribution in [1.29, 1.82) is 0 Å². The number of hydrogen-bond donors (Lipinski definition) is 1. The minimum Gasteiger partial charge on any atom is -0.479 e. The predicted octanol–water partition coefficient (Wildman–Crippen LogP) is 2.59. The lowest BCUT2D eigenvalue weighted by Crippen LogP contribution is -2.27. The Kier molecular flexibility index (Phi) is 6.03. The van der Waals surface area contributed by atoms with Gasteiger partial charge in [0.15, 0.2) is 12.4 Å². The van der Waals surface area contributed by atoms with Crippen molar-refractivity contribution in [2.75, 3.05) is 18.0 Å². The van der Waals surface area contributed by atoms with Gasteiger partial charge in [-0.05, 0) is 32.4 Å². The van der Waals surface area contributed by atoms with Crippen LogP contribution in [0.3, 0.4) is 0 Å². The molecule has 0 fully saturated rings. The molecule has 1 unspecified atom stereocenters. The molecule has 0 aromatic heterocycles. The number of carbonyl (C=O) groups excluding carboxylic acids is 1. The van der Waals surface area contributed by atoms with Crippen molar-refractivity contribution in [3.63, 3.8) is 0 Å². The van der Waals surface area contributed by atoms with Crippen molar-refractivity contribution in [3.8, 4) is 5.75 Å². The molecule has 1 N–H and O–H groups in total. The van der Waals surface area contributed by atoms with Crippen molar-refractivity contribution in [2.24, 2.45) is 0 Å². The molecule has 1 rings (SSSR count). The van der Waals surface area contributed by atoms with E-state index < -0.39 is 12.1 Å². The van der Waals surface area contributed by atoms with E-state index in [2.05, 4.69) is 4.90 Å². The van der Waals surface area contributed by atoms with Gasteiger partial charge in [-0.15, -0.1) is 0 Å². The van der Waals surface area contributed by atoms with Crippen molar-refractivity contribution in [3.05, 3.63) is 23.8 Å². The van der Waals surface area contributed by atoms with Gasteiger partial charge in [0.1, 0.15) is 5.75 Å². The molecule has 1 aromatic carbocycles. The number of anilines is 1. The van der Waals surface area contributed by atoms with Crippen molar-refractivity contribution in [2.45, 2.75) is 33.3 Å².